The van der Waals surface area contributed by atoms with Gasteiger partial charge in [0, 0.05) is 18.0 Å². The first-order chi connectivity index (χ1) is 14.7. The molecule has 0 spiro atoms. The summed E-state index contributed by atoms with van der Waals surface area (Å²) in [5, 5.41) is 12.8. The molecule has 0 aliphatic carbocycles. The van der Waals surface area contributed by atoms with Gasteiger partial charge in [-0.1, -0.05) is 35.5 Å². The SMILES string of the molecule is O=c1c2cc(-c3ccc(F)cc3)nn2ccn1Cc1cn(Cc2ccccc2)nn1. The molecule has 3 aromatic heterocycles. The Bertz CT molecular complexity index is 1370. The molecule has 0 unspecified atom stereocenters. The molecular weight excluding hydrogens is 383 g/mol. The Kier molecular flexibility index (Phi) is 4.44. The number of nitrogens with zero attached hydrogens (tertiary/aromatic N) is 6. The number of fused-ring (bicyclic) bond motifs is 1. The molecule has 0 bridgehead atoms. The molecule has 8 heteroatoms. The molecule has 7 nitrogen and oxygen atoms in total. The van der Waals surface area contributed by atoms with Crippen molar-refractivity contribution in [2.45, 2.75) is 13.1 Å². The van der Waals surface area contributed by atoms with E-state index < -0.39 is 0 Å². The first-order valence-corrected chi connectivity index (χ1v) is 9.43. The Morgan fingerprint density at radius 3 is 2.53 bits per heavy atom. The third-order valence-electron chi connectivity index (χ3n) is 4.85. The maximum Gasteiger partial charge on any atom is 0.276 e. The van der Waals surface area contributed by atoms with E-state index in [2.05, 4.69) is 15.4 Å². The minimum atomic E-state index is -0.315. The first kappa shape index (κ1) is 18.0. The highest BCUT2D eigenvalue weighted by molar-refractivity contribution is 5.65. The third kappa shape index (κ3) is 3.50. The van der Waals surface area contributed by atoms with E-state index in [4.69, 9.17) is 0 Å². The topological polar surface area (TPSA) is 70.0 Å². The van der Waals surface area contributed by atoms with Gasteiger partial charge in [0.05, 0.1) is 25.0 Å². The number of rotatable bonds is 5. The van der Waals surface area contributed by atoms with Crippen molar-refractivity contribution in [3.8, 4) is 11.3 Å². The zero-order chi connectivity index (χ0) is 20.5. The maximum absolute atomic E-state index is 13.2. The van der Waals surface area contributed by atoms with Crippen molar-refractivity contribution >= 4 is 5.52 Å². The maximum atomic E-state index is 13.2. The summed E-state index contributed by atoms with van der Waals surface area (Å²) in [6.07, 6.45) is 5.23. The van der Waals surface area contributed by atoms with E-state index >= 15 is 0 Å². The number of aromatic nitrogens is 6. The Morgan fingerprint density at radius 1 is 0.933 bits per heavy atom. The van der Waals surface area contributed by atoms with Gasteiger partial charge in [0.1, 0.15) is 17.0 Å². The van der Waals surface area contributed by atoms with Crippen molar-refractivity contribution in [3.63, 3.8) is 0 Å². The van der Waals surface area contributed by atoms with Crippen molar-refractivity contribution in [2.24, 2.45) is 0 Å². The van der Waals surface area contributed by atoms with Crippen LogP contribution in [0.2, 0.25) is 0 Å². The summed E-state index contributed by atoms with van der Waals surface area (Å²) < 4.78 is 18.0. The predicted octanol–water partition coefficient (Wildman–Crippen LogP) is 2.99. The molecular formula is C22H17FN6O. The highest BCUT2D eigenvalue weighted by Gasteiger charge is 2.11. The van der Waals surface area contributed by atoms with E-state index in [0.29, 0.717) is 30.0 Å². The van der Waals surface area contributed by atoms with Crippen LogP contribution in [0.5, 0.6) is 0 Å². The summed E-state index contributed by atoms with van der Waals surface area (Å²) >= 11 is 0. The van der Waals surface area contributed by atoms with Crippen molar-refractivity contribution in [1.82, 2.24) is 29.2 Å². The fourth-order valence-electron chi connectivity index (χ4n) is 3.35. The van der Waals surface area contributed by atoms with Crippen molar-refractivity contribution in [3.05, 3.63) is 107 Å². The molecule has 0 saturated heterocycles. The highest BCUT2D eigenvalue weighted by atomic mass is 19.1. The molecule has 0 amide bonds. The van der Waals surface area contributed by atoms with Gasteiger partial charge in [0.25, 0.3) is 5.56 Å². The van der Waals surface area contributed by atoms with Crippen LogP contribution in [0.4, 0.5) is 4.39 Å². The molecule has 30 heavy (non-hydrogen) atoms. The van der Waals surface area contributed by atoms with Crippen molar-refractivity contribution < 1.29 is 4.39 Å². The van der Waals surface area contributed by atoms with Crippen LogP contribution in [0.25, 0.3) is 16.8 Å². The van der Waals surface area contributed by atoms with Gasteiger partial charge in [-0.3, -0.25) is 4.79 Å². The Morgan fingerprint density at radius 2 is 1.73 bits per heavy atom. The largest absolute Gasteiger partial charge is 0.306 e. The van der Waals surface area contributed by atoms with Crippen molar-refractivity contribution in [2.75, 3.05) is 0 Å². The van der Waals surface area contributed by atoms with Gasteiger partial charge >= 0.3 is 0 Å². The molecule has 0 aliphatic rings. The zero-order valence-electron chi connectivity index (χ0n) is 15.9. The van der Waals surface area contributed by atoms with Gasteiger partial charge in [-0.05, 0) is 35.9 Å². The van der Waals surface area contributed by atoms with Crippen LogP contribution < -0.4 is 5.56 Å². The number of hydrogen-bond acceptors (Lipinski definition) is 4. The summed E-state index contributed by atoms with van der Waals surface area (Å²) in [4.78, 5) is 12.9. The highest BCUT2D eigenvalue weighted by Crippen LogP contribution is 2.18. The van der Waals surface area contributed by atoms with E-state index in [1.807, 2.05) is 36.5 Å². The molecule has 0 N–H and O–H groups in total. The van der Waals surface area contributed by atoms with Gasteiger partial charge in [-0.15, -0.1) is 5.10 Å². The number of benzene rings is 2. The standard InChI is InChI=1S/C22H17FN6O/c23-18-8-6-17(7-9-18)20-12-21-22(30)27(10-11-29(21)25-20)14-19-15-28(26-24-19)13-16-4-2-1-3-5-16/h1-12,15H,13-14H2. The predicted molar refractivity (Wildman–Crippen MR) is 110 cm³/mol. The lowest BCUT2D eigenvalue weighted by molar-refractivity contribution is 0.628. The lowest BCUT2D eigenvalue weighted by Crippen LogP contribution is -2.21. The summed E-state index contributed by atoms with van der Waals surface area (Å²) in [6, 6.07) is 17.7. The summed E-state index contributed by atoms with van der Waals surface area (Å²) in [5.74, 6) is -0.315. The molecule has 5 aromatic rings. The second-order valence-corrected chi connectivity index (χ2v) is 6.99. The van der Waals surface area contributed by atoms with Gasteiger partial charge < -0.3 is 4.57 Å². The summed E-state index contributed by atoms with van der Waals surface area (Å²) in [5.41, 5.74) is 3.42. The summed E-state index contributed by atoms with van der Waals surface area (Å²) in [6.45, 7) is 0.923. The zero-order valence-corrected chi connectivity index (χ0v) is 15.9. The smallest absolute Gasteiger partial charge is 0.276 e. The fourth-order valence-corrected chi connectivity index (χ4v) is 3.35. The first-order valence-electron chi connectivity index (χ1n) is 9.43. The van der Waals surface area contributed by atoms with Crippen LogP contribution in [0.1, 0.15) is 11.3 Å². The van der Waals surface area contributed by atoms with Crippen LogP contribution >= 0.6 is 0 Å². The second kappa shape index (κ2) is 7.40. The molecule has 0 saturated carbocycles. The quantitative estimate of drug-likeness (QED) is 0.455. The summed E-state index contributed by atoms with van der Waals surface area (Å²) in [7, 11) is 0. The number of hydrogen-bond donors (Lipinski definition) is 0. The van der Waals surface area contributed by atoms with Gasteiger partial charge in [0.15, 0.2) is 0 Å². The minimum absolute atomic E-state index is 0.184. The Balaban J connectivity index is 1.40. The van der Waals surface area contributed by atoms with Gasteiger partial charge in [-0.25, -0.2) is 13.6 Å². The molecule has 2 aromatic carbocycles. The van der Waals surface area contributed by atoms with Gasteiger partial charge in [-0.2, -0.15) is 5.10 Å². The van der Waals surface area contributed by atoms with E-state index in [0.717, 1.165) is 11.1 Å². The second-order valence-electron chi connectivity index (χ2n) is 6.99. The Labute approximate surface area is 170 Å². The molecule has 0 atom stereocenters. The normalized spacial score (nSPS) is 11.2. The number of halogens is 1. The average Bonchev–Trinajstić information content (AvgIpc) is 3.39. The van der Waals surface area contributed by atoms with E-state index in [-0.39, 0.29) is 11.4 Å². The monoisotopic (exact) mass is 400 g/mol. The molecule has 0 fully saturated rings. The van der Waals surface area contributed by atoms with Gasteiger partial charge in [0.2, 0.25) is 0 Å². The fraction of sp³-hybridized carbons (Fsp3) is 0.0909. The van der Waals surface area contributed by atoms with Crippen LogP contribution in [0.3, 0.4) is 0 Å². The van der Waals surface area contributed by atoms with Crippen LogP contribution in [0, 0.1) is 5.82 Å². The lowest BCUT2D eigenvalue weighted by Gasteiger charge is -2.03. The van der Waals surface area contributed by atoms with Crippen LogP contribution in [-0.4, -0.2) is 29.2 Å². The third-order valence-corrected chi connectivity index (χ3v) is 4.85. The Hall–Kier alpha value is -4.07. The van der Waals surface area contributed by atoms with E-state index in [1.54, 1.807) is 39.8 Å². The molecule has 148 valence electrons. The molecule has 5 rings (SSSR count). The van der Waals surface area contributed by atoms with E-state index in [9.17, 15) is 9.18 Å². The minimum Gasteiger partial charge on any atom is -0.306 e. The van der Waals surface area contributed by atoms with Crippen molar-refractivity contribution in [1.29, 1.82) is 0 Å². The average molecular weight is 400 g/mol. The van der Waals surface area contributed by atoms with Crippen LogP contribution in [-0.2, 0) is 13.1 Å². The lowest BCUT2D eigenvalue weighted by atomic mass is 10.1. The molecule has 3 heterocycles. The van der Waals surface area contributed by atoms with Crippen LogP contribution in [0.15, 0.2) is 84.0 Å². The van der Waals surface area contributed by atoms with E-state index in [1.165, 1.54) is 16.6 Å². The molecule has 0 radical (unpaired) electrons. The molecule has 0 aliphatic heterocycles.